The first-order valence-electron chi connectivity index (χ1n) is 7.28. The lowest BCUT2D eigenvalue weighted by molar-refractivity contribution is -0.142. The molecular weight excluding hydrogens is 314 g/mol. The summed E-state index contributed by atoms with van der Waals surface area (Å²) < 4.78 is 4.92. The van der Waals surface area contributed by atoms with Crippen molar-refractivity contribution in [3.05, 3.63) is 35.9 Å². The number of hydrogen-bond donors (Lipinski definition) is 3. The highest BCUT2D eigenvalue weighted by atomic mass is 16.5. The van der Waals surface area contributed by atoms with E-state index in [1.165, 1.54) is 0 Å². The zero-order valence-electron chi connectivity index (χ0n) is 13.2. The van der Waals surface area contributed by atoms with Crippen LogP contribution in [0.15, 0.2) is 30.3 Å². The molecule has 0 heterocycles. The van der Waals surface area contributed by atoms with E-state index in [1.807, 2.05) is 12.1 Å². The van der Waals surface area contributed by atoms with Crippen LogP contribution in [-0.4, -0.2) is 35.7 Å². The standard InChI is InChI=1S/C16H19N3O5/c1-11(8-17)7-13(15(21)22)19-14(20)9-18-16(23)24-10-12-5-3-2-4-6-12/h2-6,11,13H,7,9-10H2,1H3,(H,18,23)(H,19,20)(H,21,22)/t11-,13+/m1/s1. The van der Waals surface area contributed by atoms with Gasteiger partial charge in [0.25, 0.3) is 0 Å². The van der Waals surface area contributed by atoms with Crippen molar-refractivity contribution in [2.24, 2.45) is 5.92 Å². The molecule has 2 atom stereocenters. The fourth-order valence-electron chi connectivity index (χ4n) is 1.80. The Kier molecular flexibility index (Phi) is 7.78. The van der Waals surface area contributed by atoms with Crippen molar-refractivity contribution in [3.63, 3.8) is 0 Å². The van der Waals surface area contributed by atoms with Gasteiger partial charge in [-0.15, -0.1) is 0 Å². The van der Waals surface area contributed by atoms with Gasteiger partial charge in [-0.2, -0.15) is 5.26 Å². The molecule has 3 N–H and O–H groups in total. The fraction of sp³-hybridized carbons (Fsp3) is 0.375. The van der Waals surface area contributed by atoms with E-state index in [9.17, 15) is 14.4 Å². The Hall–Kier alpha value is -3.08. The van der Waals surface area contributed by atoms with E-state index in [-0.39, 0.29) is 13.0 Å². The van der Waals surface area contributed by atoms with E-state index in [1.54, 1.807) is 31.2 Å². The number of carboxylic acids is 1. The number of nitriles is 1. The number of aliphatic carboxylic acids is 1. The lowest BCUT2D eigenvalue weighted by Crippen LogP contribution is -2.46. The zero-order valence-corrected chi connectivity index (χ0v) is 13.2. The minimum atomic E-state index is -1.24. The van der Waals surface area contributed by atoms with Crippen LogP contribution in [0.2, 0.25) is 0 Å². The Bertz CT molecular complexity index is 612. The predicted molar refractivity (Wildman–Crippen MR) is 83.6 cm³/mol. The summed E-state index contributed by atoms with van der Waals surface area (Å²) in [5.41, 5.74) is 0.800. The van der Waals surface area contributed by atoms with Crippen LogP contribution in [0.25, 0.3) is 0 Å². The van der Waals surface area contributed by atoms with Gasteiger partial charge in [0.1, 0.15) is 19.2 Å². The van der Waals surface area contributed by atoms with Crippen molar-refractivity contribution in [1.82, 2.24) is 10.6 Å². The number of alkyl carbamates (subject to hydrolysis) is 1. The van der Waals surface area contributed by atoms with Gasteiger partial charge >= 0.3 is 12.1 Å². The number of carboxylic acid groups (broad SMARTS) is 1. The molecular formula is C16H19N3O5. The summed E-state index contributed by atoms with van der Waals surface area (Å²) in [6, 6.07) is 9.73. The van der Waals surface area contributed by atoms with Gasteiger partial charge in [0, 0.05) is 5.92 Å². The average Bonchev–Trinajstić information content (AvgIpc) is 2.58. The topological polar surface area (TPSA) is 129 Å². The molecule has 2 amide bonds. The first-order chi connectivity index (χ1) is 11.4. The SMILES string of the molecule is C[C@@H](C#N)C[C@H](NC(=O)CNC(=O)OCc1ccccc1)C(=O)O. The van der Waals surface area contributed by atoms with Gasteiger partial charge in [-0.3, -0.25) is 4.79 Å². The van der Waals surface area contributed by atoms with Gasteiger partial charge in [0.2, 0.25) is 5.91 Å². The van der Waals surface area contributed by atoms with Crippen molar-refractivity contribution in [1.29, 1.82) is 5.26 Å². The number of nitrogens with one attached hydrogen (secondary N) is 2. The van der Waals surface area contributed by atoms with Crippen LogP contribution in [0.1, 0.15) is 18.9 Å². The molecule has 0 saturated heterocycles. The highest BCUT2D eigenvalue weighted by Crippen LogP contribution is 2.05. The molecule has 0 saturated carbocycles. The van der Waals surface area contributed by atoms with Crippen molar-refractivity contribution in [2.45, 2.75) is 26.0 Å². The monoisotopic (exact) mass is 333 g/mol. The van der Waals surface area contributed by atoms with Crippen LogP contribution in [0.3, 0.4) is 0 Å². The number of carbonyl (C=O) groups excluding carboxylic acids is 2. The molecule has 0 spiro atoms. The van der Waals surface area contributed by atoms with Gasteiger partial charge in [0.15, 0.2) is 0 Å². The molecule has 24 heavy (non-hydrogen) atoms. The molecule has 128 valence electrons. The Labute approximate surface area is 139 Å². The van der Waals surface area contributed by atoms with Gasteiger partial charge < -0.3 is 20.5 Å². The molecule has 8 nitrogen and oxygen atoms in total. The number of rotatable bonds is 8. The predicted octanol–water partition coefficient (Wildman–Crippen LogP) is 1.03. The number of ether oxygens (including phenoxy) is 1. The van der Waals surface area contributed by atoms with Crippen molar-refractivity contribution < 1.29 is 24.2 Å². The third-order valence-corrected chi connectivity index (χ3v) is 3.05. The van der Waals surface area contributed by atoms with Crippen LogP contribution in [0.4, 0.5) is 4.79 Å². The minimum absolute atomic E-state index is 0.0178. The van der Waals surface area contributed by atoms with Gasteiger partial charge in [-0.25, -0.2) is 9.59 Å². The Morgan fingerprint density at radius 1 is 1.29 bits per heavy atom. The lowest BCUT2D eigenvalue weighted by Gasteiger charge is -2.15. The molecule has 1 aromatic rings. The highest BCUT2D eigenvalue weighted by molar-refractivity contribution is 5.86. The molecule has 1 rings (SSSR count). The molecule has 0 fully saturated rings. The maximum Gasteiger partial charge on any atom is 0.407 e. The quantitative estimate of drug-likeness (QED) is 0.652. The summed E-state index contributed by atoms with van der Waals surface area (Å²) >= 11 is 0. The molecule has 0 aliphatic carbocycles. The van der Waals surface area contributed by atoms with E-state index >= 15 is 0 Å². The molecule has 0 unspecified atom stereocenters. The largest absolute Gasteiger partial charge is 0.480 e. The summed E-state index contributed by atoms with van der Waals surface area (Å²) in [4.78, 5) is 34.2. The normalized spacial score (nSPS) is 12.3. The second kappa shape index (κ2) is 9.84. The number of hydrogen-bond acceptors (Lipinski definition) is 5. The molecule has 8 heteroatoms. The van der Waals surface area contributed by atoms with E-state index in [0.717, 1.165) is 5.56 Å². The van der Waals surface area contributed by atoms with E-state index in [2.05, 4.69) is 10.6 Å². The smallest absolute Gasteiger partial charge is 0.407 e. The van der Waals surface area contributed by atoms with Gasteiger partial charge in [-0.05, 0) is 18.9 Å². The molecule has 1 aromatic carbocycles. The molecule has 0 radical (unpaired) electrons. The Balaban J connectivity index is 2.34. The second-order valence-electron chi connectivity index (χ2n) is 5.14. The first-order valence-corrected chi connectivity index (χ1v) is 7.28. The van der Waals surface area contributed by atoms with Crippen LogP contribution < -0.4 is 10.6 Å². The third-order valence-electron chi connectivity index (χ3n) is 3.05. The molecule has 0 aromatic heterocycles. The van der Waals surface area contributed by atoms with Gasteiger partial charge in [0.05, 0.1) is 6.07 Å². The van der Waals surface area contributed by atoms with E-state index < -0.39 is 36.5 Å². The van der Waals surface area contributed by atoms with Crippen LogP contribution in [0, 0.1) is 17.2 Å². The number of nitrogens with zero attached hydrogens (tertiary/aromatic N) is 1. The number of carbonyl (C=O) groups is 3. The summed E-state index contributed by atoms with van der Waals surface area (Å²) in [7, 11) is 0. The van der Waals surface area contributed by atoms with Crippen molar-refractivity contribution in [2.75, 3.05) is 6.54 Å². The van der Waals surface area contributed by atoms with Crippen LogP contribution >= 0.6 is 0 Å². The third kappa shape index (κ3) is 7.26. The first kappa shape index (κ1) is 19.0. The molecule has 0 aliphatic rings. The molecule has 0 bridgehead atoms. The Morgan fingerprint density at radius 3 is 2.54 bits per heavy atom. The van der Waals surface area contributed by atoms with Crippen LogP contribution in [-0.2, 0) is 20.9 Å². The second-order valence-corrected chi connectivity index (χ2v) is 5.14. The van der Waals surface area contributed by atoms with Crippen LogP contribution in [0.5, 0.6) is 0 Å². The maximum absolute atomic E-state index is 11.7. The zero-order chi connectivity index (χ0) is 17.9. The molecule has 0 aliphatic heterocycles. The Morgan fingerprint density at radius 2 is 1.96 bits per heavy atom. The van der Waals surface area contributed by atoms with Crippen molar-refractivity contribution >= 4 is 18.0 Å². The highest BCUT2D eigenvalue weighted by Gasteiger charge is 2.22. The average molecular weight is 333 g/mol. The fourth-order valence-corrected chi connectivity index (χ4v) is 1.80. The number of benzene rings is 1. The minimum Gasteiger partial charge on any atom is -0.480 e. The summed E-state index contributed by atoms with van der Waals surface area (Å²) in [6.45, 7) is 1.20. The number of amides is 2. The maximum atomic E-state index is 11.7. The summed E-state index contributed by atoms with van der Waals surface area (Å²) in [6.07, 6.45) is -0.804. The van der Waals surface area contributed by atoms with Crippen molar-refractivity contribution in [3.8, 4) is 6.07 Å². The summed E-state index contributed by atoms with van der Waals surface area (Å²) in [5.74, 6) is -2.43. The van der Waals surface area contributed by atoms with Gasteiger partial charge in [-0.1, -0.05) is 30.3 Å². The summed E-state index contributed by atoms with van der Waals surface area (Å²) in [5, 5.41) is 22.2. The van der Waals surface area contributed by atoms with E-state index in [0.29, 0.717) is 0 Å². The lowest BCUT2D eigenvalue weighted by atomic mass is 10.0. The van der Waals surface area contributed by atoms with E-state index in [4.69, 9.17) is 15.1 Å².